The highest BCUT2D eigenvalue weighted by atomic mass is 16.6. The van der Waals surface area contributed by atoms with Crippen LogP contribution in [0.5, 0.6) is 0 Å². The Hall–Kier alpha value is -1.14. The molecule has 6 heteroatoms. The van der Waals surface area contributed by atoms with E-state index in [9.17, 15) is 9.59 Å². The van der Waals surface area contributed by atoms with Crippen molar-refractivity contribution in [1.82, 2.24) is 9.80 Å². The van der Waals surface area contributed by atoms with E-state index in [1.165, 1.54) is 0 Å². The fraction of sp³-hybridized carbons (Fsp3) is 0.926. The summed E-state index contributed by atoms with van der Waals surface area (Å²) in [5.74, 6) is -1.68. The van der Waals surface area contributed by atoms with Crippen LogP contribution < -0.4 is 0 Å². The van der Waals surface area contributed by atoms with Crippen LogP contribution >= 0.6 is 0 Å². The van der Waals surface area contributed by atoms with Crippen LogP contribution in [0.1, 0.15) is 107 Å². The van der Waals surface area contributed by atoms with E-state index in [1.54, 1.807) is 0 Å². The molecule has 0 radical (unpaired) electrons. The molecular formula is C27H50N2O4. The Kier molecular flexibility index (Phi) is 8.39. The average molecular weight is 467 g/mol. The second kappa shape index (κ2) is 9.85. The van der Waals surface area contributed by atoms with Gasteiger partial charge in [0.05, 0.1) is 0 Å². The monoisotopic (exact) mass is 466 g/mol. The van der Waals surface area contributed by atoms with Gasteiger partial charge in [0.1, 0.15) is 12.2 Å². The smallest absolute Gasteiger partial charge is 0.320 e. The van der Waals surface area contributed by atoms with Crippen molar-refractivity contribution >= 4 is 11.9 Å². The van der Waals surface area contributed by atoms with E-state index in [2.05, 4.69) is 86.2 Å². The number of unbranched alkanes of at least 4 members (excludes halogenated alkanes) is 1. The molecule has 33 heavy (non-hydrogen) atoms. The highest BCUT2D eigenvalue weighted by Crippen LogP contribution is 2.40. The molecule has 192 valence electrons. The molecular weight excluding hydrogens is 416 g/mol. The van der Waals surface area contributed by atoms with E-state index in [4.69, 9.17) is 9.47 Å². The quantitative estimate of drug-likeness (QED) is 0.380. The van der Waals surface area contributed by atoms with E-state index >= 15 is 0 Å². The average Bonchev–Trinajstić information content (AvgIpc) is 2.63. The zero-order chi connectivity index (χ0) is 25.4. The molecule has 0 aliphatic carbocycles. The van der Waals surface area contributed by atoms with E-state index in [-0.39, 0.29) is 34.4 Å². The number of esters is 2. The zero-order valence-electron chi connectivity index (χ0n) is 23.2. The Labute approximate surface area is 202 Å². The molecule has 2 rings (SSSR count). The van der Waals surface area contributed by atoms with Crippen molar-refractivity contribution in [2.24, 2.45) is 5.92 Å². The molecule has 0 saturated carbocycles. The summed E-state index contributed by atoms with van der Waals surface area (Å²) in [7, 11) is 4.26. The van der Waals surface area contributed by atoms with Crippen molar-refractivity contribution in [2.45, 2.75) is 142 Å². The SMILES string of the molecule is CCCCC(C(=O)OC1CC(C)(C)N(C)C(C)(C)C1)C(=O)OC1CC(C)(C)N(C)C(C)(C)C1. The molecule has 0 aromatic carbocycles. The van der Waals surface area contributed by atoms with Gasteiger partial charge in [-0.25, -0.2) is 0 Å². The van der Waals surface area contributed by atoms with Gasteiger partial charge in [0.25, 0.3) is 0 Å². The van der Waals surface area contributed by atoms with E-state index in [1.807, 2.05) is 0 Å². The maximum atomic E-state index is 13.3. The molecule has 0 amide bonds. The van der Waals surface area contributed by atoms with Gasteiger partial charge in [-0.05, 0) is 75.9 Å². The normalized spacial score (nSPS) is 25.7. The summed E-state index contributed by atoms with van der Waals surface area (Å²) >= 11 is 0. The number of hydrogen-bond acceptors (Lipinski definition) is 6. The molecule has 0 N–H and O–H groups in total. The molecule has 0 spiro atoms. The van der Waals surface area contributed by atoms with Crippen molar-refractivity contribution in [3.63, 3.8) is 0 Å². The Morgan fingerprint density at radius 3 is 1.30 bits per heavy atom. The predicted octanol–water partition coefficient (Wildman–Crippen LogP) is 5.18. The van der Waals surface area contributed by atoms with Gasteiger partial charge in [-0.1, -0.05) is 19.8 Å². The minimum atomic E-state index is -0.846. The Morgan fingerprint density at radius 2 is 1.03 bits per heavy atom. The summed E-state index contributed by atoms with van der Waals surface area (Å²) in [6, 6.07) is 0. The molecule has 2 saturated heterocycles. The molecule has 0 bridgehead atoms. The van der Waals surface area contributed by atoms with Crippen molar-refractivity contribution < 1.29 is 19.1 Å². The third-order valence-electron chi connectivity index (χ3n) is 8.52. The molecule has 2 aliphatic heterocycles. The van der Waals surface area contributed by atoms with Crippen LogP contribution in [0.4, 0.5) is 0 Å². The van der Waals surface area contributed by atoms with Gasteiger partial charge < -0.3 is 9.47 Å². The minimum Gasteiger partial charge on any atom is -0.462 e. The summed E-state index contributed by atoms with van der Waals surface area (Å²) < 4.78 is 12.0. The van der Waals surface area contributed by atoms with Gasteiger partial charge in [-0.2, -0.15) is 0 Å². The summed E-state index contributed by atoms with van der Waals surface area (Å²) in [6.45, 7) is 19.5. The van der Waals surface area contributed by atoms with Gasteiger partial charge in [0.2, 0.25) is 0 Å². The summed E-state index contributed by atoms with van der Waals surface area (Å²) in [5, 5.41) is 0. The molecule has 2 fully saturated rings. The number of rotatable bonds is 7. The van der Waals surface area contributed by atoms with Crippen molar-refractivity contribution in [1.29, 1.82) is 0 Å². The molecule has 0 atom stereocenters. The number of piperidine rings is 2. The first-order chi connectivity index (χ1) is 14.9. The third-order valence-corrected chi connectivity index (χ3v) is 8.52. The lowest BCUT2D eigenvalue weighted by Crippen LogP contribution is -2.60. The zero-order valence-corrected chi connectivity index (χ0v) is 23.2. The predicted molar refractivity (Wildman–Crippen MR) is 133 cm³/mol. The van der Waals surface area contributed by atoms with Gasteiger partial charge >= 0.3 is 11.9 Å². The molecule has 0 unspecified atom stereocenters. The first-order valence-electron chi connectivity index (χ1n) is 12.8. The summed E-state index contributed by atoms with van der Waals surface area (Å²) in [6.07, 6.45) is 4.82. The van der Waals surface area contributed by atoms with Crippen LogP contribution in [0, 0.1) is 5.92 Å². The van der Waals surface area contributed by atoms with Crippen LogP contribution in [0.15, 0.2) is 0 Å². The van der Waals surface area contributed by atoms with Gasteiger partial charge in [-0.3, -0.25) is 19.4 Å². The fourth-order valence-corrected chi connectivity index (χ4v) is 5.96. The van der Waals surface area contributed by atoms with E-state index < -0.39 is 17.9 Å². The number of carbonyl (C=O) groups excluding carboxylic acids is 2. The highest BCUT2D eigenvalue weighted by Gasteiger charge is 2.47. The molecule has 0 aromatic rings. The lowest BCUT2D eigenvalue weighted by molar-refractivity contribution is -0.177. The molecule has 2 heterocycles. The van der Waals surface area contributed by atoms with Gasteiger partial charge in [0.15, 0.2) is 5.92 Å². The van der Waals surface area contributed by atoms with E-state index in [0.29, 0.717) is 6.42 Å². The second-order valence-corrected chi connectivity index (χ2v) is 13.0. The van der Waals surface area contributed by atoms with Crippen LogP contribution in [0.3, 0.4) is 0 Å². The second-order valence-electron chi connectivity index (χ2n) is 13.0. The van der Waals surface area contributed by atoms with Gasteiger partial charge in [-0.15, -0.1) is 0 Å². The maximum Gasteiger partial charge on any atom is 0.320 e. The number of likely N-dealkylation sites (tertiary alicyclic amines) is 2. The largest absolute Gasteiger partial charge is 0.462 e. The van der Waals surface area contributed by atoms with Crippen molar-refractivity contribution in [2.75, 3.05) is 14.1 Å². The minimum absolute atomic E-state index is 0.0859. The fourth-order valence-electron chi connectivity index (χ4n) is 5.96. The van der Waals surface area contributed by atoms with Crippen molar-refractivity contribution in [3.05, 3.63) is 0 Å². The van der Waals surface area contributed by atoms with Crippen LogP contribution in [0.25, 0.3) is 0 Å². The Balaban J connectivity index is 2.12. The molecule has 0 aromatic heterocycles. The standard InChI is InChI=1S/C27H50N2O4/c1-12-13-14-21(22(30)32-19-15-24(2,3)28(10)25(4,5)16-19)23(31)33-20-17-26(6,7)29(11)27(8,9)18-20/h19-21H,12-18H2,1-11H3. The first kappa shape index (κ1) is 28.1. The first-order valence-corrected chi connectivity index (χ1v) is 12.8. The summed E-state index contributed by atoms with van der Waals surface area (Å²) in [5.41, 5.74) is -0.344. The number of ether oxygens (including phenoxy) is 2. The number of hydrogen-bond donors (Lipinski definition) is 0. The topological polar surface area (TPSA) is 59.1 Å². The van der Waals surface area contributed by atoms with Gasteiger partial charge in [0, 0.05) is 47.8 Å². The third kappa shape index (κ3) is 6.50. The summed E-state index contributed by atoms with van der Waals surface area (Å²) in [4.78, 5) is 31.2. The Morgan fingerprint density at radius 1 is 0.727 bits per heavy atom. The maximum absolute atomic E-state index is 13.3. The van der Waals surface area contributed by atoms with E-state index in [0.717, 1.165) is 38.5 Å². The molecule has 2 aliphatic rings. The van der Waals surface area contributed by atoms with Crippen LogP contribution in [0.2, 0.25) is 0 Å². The number of nitrogens with zero attached hydrogens (tertiary/aromatic N) is 2. The lowest BCUT2D eigenvalue weighted by atomic mass is 9.78. The van der Waals surface area contributed by atoms with Crippen LogP contribution in [-0.4, -0.2) is 70.2 Å². The number of carbonyl (C=O) groups is 2. The van der Waals surface area contributed by atoms with Crippen LogP contribution in [-0.2, 0) is 19.1 Å². The molecule has 6 nitrogen and oxygen atoms in total. The Bertz CT molecular complexity index is 621. The highest BCUT2D eigenvalue weighted by molar-refractivity contribution is 5.95. The lowest BCUT2D eigenvalue weighted by Gasteiger charge is -2.53. The van der Waals surface area contributed by atoms with Crippen molar-refractivity contribution in [3.8, 4) is 0 Å².